The van der Waals surface area contributed by atoms with E-state index in [1.807, 2.05) is 0 Å². The van der Waals surface area contributed by atoms with E-state index < -0.39 is 0 Å². The molecule has 0 aromatic carbocycles. The molecule has 1 fully saturated rings. The van der Waals surface area contributed by atoms with E-state index in [-0.39, 0.29) is 11.6 Å². The van der Waals surface area contributed by atoms with Crippen molar-refractivity contribution in [3.8, 4) is 0 Å². The lowest BCUT2D eigenvalue weighted by atomic mass is 10.00. The Kier molecular flexibility index (Phi) is 3.36. The summed E-state index contributed by atoms with van der Waals surface area (Å²) in [5.41, 5.74) is 6.75. The Morgan fingerprint density at radius 2 is 2.56 bits per heavy atom. The van der Waals surface area contributed by atoms with E-state index in [0.29, 0.717) is 19.1 Å². The molecule has 0 aliphatic carbocycles. The van der Waals surface area contributed by atoms with Gasteiger partial charge in [0.05, 0.1) is 12.9 Å². The van der Waals surface area contributed by atoms with Gasteiger partial charge in [0, 0.05) is 36.9 Å². The summed E-state index contributed by atoms with van der Waals surface area (Å²) in [5, 5.41) is 0. The molecule has 0 saturated carbocycles. The summed E-state index contributed by atoms with van der Waals surface area (Å²) in [6.45, 7) is 3.80. The molecular weight excluding hydrogens is 206 g/mol. The Hall–Kier alpha value is -1.20. The number of aryl methyl sites for hydroxylation is 1. The molecule has 2 N–H and O–H groups in total. The van der Waals surface area contributed by atoms with Crippen LogP contribution in [0.25, 0.3) is 0 Å². The first-order chi connectivity index (χ1) is 7.66. The molecule has 16 heavy (non-hydrogen) atoms. The first kappa shape index (κ1) is 11.3. The molecule has 1 aromatic rings. The zero-order valence-corrected chi connectivity index (χ0v) is 9.43. The van der Waals surface area contributed by atoms with Crippen LogP contribution in [0.3, 0.4) is 0 Å². The molecule has 2 atom stereocenters. The summed E-state index contributed by atoms with van der Waals surface area (Å²) in [5.74, 6) is 0.355. The number of nitrogens with two attached hydrogens (primary N) is 1. The van der Waals surface area contributed by atoms with E-state index in [1.165, 1.54) is 6.07 Å². The third-order valence-electron chi connectivity index (χ3n) is 2.99. The molecule has 1 aliphatic rings. The van der Waals surface area contributed by atoms with Crippen molar-refractivity contribution in [2.75, 3.05) is 13.2 Å². The largest absolute Gasteiger partial charge is 0.381 e. The SMILES string of the molecule is Cc1cc(=O)n(CC(N)C2CCOC2)cn1. The van der Waals surface area contributed by atoms with Gasteiger partial charge in [0.1, 0.15) is 0 Å². The normalized spacial score (nSPS) is 22.2. The zero-order chi connectivity index (χ0) is 11.5. The monoisotopic (exact) mass is 223 g/mol. The zero-order valence-electron chi connectivity index (χ0n) is 9.43. The van der Waals surface area contributed by atoms with E-state index in [9.17, 15) is 4.79 Å². The molecule has 2 unspecified atom stereocenters. The van der Waals surface area contributed by atoms with Gasteiger partial charge < -0.3 is 10.5 Å². The first-order valence-corrected chi connectivity index (χ1v) is 5.53. The highest BCUT2D eigenvalue weighted by molar-refractivity contribution is 4.96. The molecule has 0 radical (unpaired) electrons. The molecule has 5 nitrogen and oxygen atoms in total. The van der Waals surface area contributed by atoms with Crippen LogP contribution >= 0.6 is 0 Å². The topological polar surface area (TPSA) is 70.1 Å². The molecule has 1 saturated heterocycles. The van der Waals surface area contributed by atoms with Crippen molar-refractivity contribution in [3.63, 3.8) is 0 Å². The van der Waals surface area contributed by atoms with Gasteiger partial charge in [0.15, 0.2) is 0 Å². The van der Waals surface area contributed by atoms with Gasteiger partial charge in [-0.2, -0.15) is 0 Å². The van der Waals surface area contributed by atoms with Crippen molar-refractivity contribution in [1.29, 1.82) is 0 Å². The third kappa shape index (κ3) is 2.48. The first-order valence-electron chi connectivity index (χ1n) is 5.53. The summed E-state index contributed by atoms with van der Waals surface area (Å²) >= 11 is 0. The number of rotatable bonds is 3. The smallest absolute Gasteiger partial charge is 0.253 e. The Morgan fingerprint density at radius 1 is 1.75 bits per heavy atom. The van der Waals surface area contributed by atoms with Gasteiger partial charge in [0.25, 0.3) is 5.56 Å². The summed E-state index contributed by atoms with van der Waals surface area (Å²) in [6, 6.07) is 1.49. The van der Waals surface area contributed by atoms with E-state index in [1.54, 1.807) is 17.8 Å². The highest BCUT2D eigenvalue weighted by atomic mass is 16.5. The van der Waals surface area contributed by atoms with Crippen molar-refractivity contribution in [2.45, 2.75) is 25.9 Å². The Labute approximate surface area is 94.2 Å². The molecule has 2 rings (SSSR count). The van der Waals surface area contributed by atoms with Gasteiger partial charge in [-0.1, -0.05) is 0 Å². The van der Waals surface area contributed by atoms with Crippen molar-refractivity contribution in [2.24, 2.45) is 11.7 Å². The van der Waals surface area contributed by atoms with Gasteiger partial charge in [-0.05, 0) is 13.3 Å². The number of hydrogen-bond acceptors (Lipinski definition) is 4. The van der Waals surface area contributed by atoms with Crippen LogP contribution in [0.1, 0.15) is 12.1 Å². The lowest BCUT2D eigenvalue weighted by Crippen LogP contribution is -2.38. The fourth-order valence-corrected chi connectivity index (χ4v) is 1.92. The Morgan fingerprint density at radius 3 is 3.19 bits per heavy atom. The highest BCUT2D eigenvalue weighted by Crippen LogP contribution is 2.15. The second-order valence-electron chi connectivity index (χ2n) is 4.31. The van der Waals surface area contributed by atoms with Gasteiger partial charge >= 0.3 is 0 Å². The lowest BCUT2D eigenvalue weighted by Gasteiger charge is -2.18. The average Bonchev–Trinajstić information content (AvgIpc) is 2.75. The van der Waals surface area contributed by atoms with Gasteiger partial charge in [-0.3, -0.25) is 9.36 Å². The number of nitrogens with zero attached hydrogens (tertiary/aromatic N) is 2. The summed E-state index contributed by atoms with van der Waals surface area (Å²) in [4.78, 5) is 15.7. The molecule has 1 aliphatic heterocycles. The number of hydrogen-bond donors (Lipinski definition) is 1. The van der Waals surface area contributed by atoms with Crippen LogP contribution in [-0.4, -0.2) is 28.8 Å². The van der Waals surface area contributed by atoms with Crippen molar-refractivity contribution < 1.29 is 4.74 Å². The standard InChI is InChI=1S/C11H17N3O2/c1-8-4-11(15)14(7-13-8)5-10(12)9-2-3-16-6-9/h4,7,9-10H,2-3,5-6,12H2,1H3. The minimum atomic E-state index is -0.0399. The highest BCUT2D eigenvalue weighted by Gasteiger charge is 2.23. The summed E-state index contributed by atoms with van der Waals surface area (Å²) in [7, 11) is 0. The molecule has 0 spiro atoms. The predicted octanol–water partition coefficient (Wildman–Crippen LogP) is -0.0845. The van der Waals surface area contributed by atoms with Crippen LogP contribution < -0.4 is 11.3 Å². The number of aromatic nitrogens is 2. The Balaban J connectivity index is 2.05. The molecule has 88 valence electrons. The molecule has 5 heteroatoms. The molecule has 0 amide bonds. The van der Waals surface area contributed by atoms with E-state index in [2.05, 4.69) is 4.98 Å². The van der Waals surface area contributed by atoms with Crippen LogP contribution in [0.2, 0.25) is 0 Å². The summed E-state index contributed by atoms with van der Waals surface area (Å²) in [6.07, 6.45) is 2.54. The van der Waals surface area contributed by atoms with Gasteiger partial charge in [-0.15, -0.1) is 0 Å². The van der Waals surface area contributed by atoms with E-state index in [4.69, 9.17) is 10.5 Å². The second-order valence-corrected chi connectivity index (χ2v) is 4.31. The van der Waals surface area contributed by atoms with E-state index >= 15 is 0 Å². The van der Waals surface area contributed by atoms with E-state index in [0.717, 1.165) is 18.7 Å². The summed E-state index contributed by atoms with van der Waals surface area (Å²) < 4.78 is 6.85. The lowest BCUT2D eigenvalue weighted by molar-refractivity contribution is 0.178. The molecule has 2 heterocycles. The third-order valence-corrected chi connectivity index (χ3v) is 2.99. The average molecular weight is 223 g/mol. The predicted molar refractivity (Wildman–Crippen MR) is 60.1 cm³/mol. The quantitative estimate of drug-likeness (QED) is 0.777. The fourth-order valence-electron chi connectivity index (χ4n) is 1.92. The molecule has 1 aromatic heterocycles. The van der Waals surface area contributed by atoms with Crippen molar-refractivity contribution in [1.82, 2.24) is 9.55 Å². The van der Waals surface area contributed by atoms with Crippen LogP contribution in [0.15, 0.2) is 17.2 Å². The maximum atomic E-state index is 11.6. The van der Waals surface area contributed by atoms with Crippen LogP contribution in [0.4, 0.5) is 0 Å². The Bertz CT molecular complexity index is 410. The van der Waals surface area contributed by atoms with Crippen molar-refractivity contribution in [3.05, 3.63) is 28.4 Å². The fraction of sp³-hybridized carbons (Fsp3) is 0.636. The minimum absolute atomic E-state index is 0.0373. The maximum Gasteiger partial charge on any atom is 0.253 e. The van der Waals surface area contributed by atoms with Crippen molar-refractivity contribution >= 4 is 0 Å². The minimum Gasteiger partial charge on any atom is -0.381 e. The molecular formula is C11H17N3O2. The second kappa shape index (κ2) is 4.76. The molecule has 0 bridgehead atoms. The van der Waals surface area contributed by atoms with Gasteiger partial charge in [-0.25, -0.2) is 4.98 Å². The maximum absolute atomic E-state index is 11.6. The van der Waals surface area contributed by atoms with Gasteiger partial charge in [0.2, 0.25) is 0 Å². The van der Waals surface area contributed by atoms with Crippen LogP contribution in [-0.2, 0) is 11.3 Å². The number of ether oxygens (including phenoxy) is 1. The van der Waals surface area contributed by atoms with Crippen LogP contribution in [0.5, 0.6) is 0 Å². The van der Waals surface area contributed by atoms with Crippen LogP contribution in [0, 0.1) is 12.8 Å².